The summed E-state index contributed by atoms with van der Waals surface area (Å²) in [6, 6.07) is 0. The summed E-state index contributed by atoms with van der Waals surface area (Å²) in [5.41, 5.74) is -0.662. The van der Waals surface area contributed by atoms with Gasteiger partial charge in [0.05, 0.1) is 12.2 Å². The van der Waals surface area contributed by atoms with Crippen LogP contribution < -0.4 is 0 Å². The van der Waals surface area contributed by atoms with Gasteiger partial charge < -0.3 is 9.53 Å². The normalized spacial score (nSPS) is 16.9. The van der Waals surface area contributed by atoms with E-state index in [4.69, 9.17) is 4.43 Å². The van der Waals surface area contributed by atoms with Crippen LogP contribution in [0.1, 0.15) is 60.3 Å². The van der Waals surface area contributed by atoms with E-state index in [1.165, 1.54) is 12.8 Å². The van der Waals surface area contributed by atoms with Crippen LogP contribution in [0.3, 0.4) is 0 Å². The van der Waals surface area contributed by atoms with Crippen LogP contribution in [0.2, 0.25) is 18.1 Å². The molecule has 0 aromatic rings. The Morgan fingerprint density at radius 1 is 1.06 bits per heavy atom. The van der Waals surface area contributed by atoms with E-state index in [2.05, 4.69) is 40.8 Å². The average Bonchev–Trinajstić information content (AvgIpc) is 2.14. The average molecular weight is 260 g/mol. The lowest BCUT2D eigenvalue weighted by Gasteiger charge is -2.38. The van der Waals surface area contributed by atoms with Crippen molar-refractivity contribution >= 4 is 8.32 Å². The SMILES string of the molecule is CCCCC[C@](C)(O)CO[Si](C)(C)C(C)(C)C. The molecule has 0 aliphatic rings. The van der Waals surface area contributed by atoms with Crippen LogP contribution in [-0.2, 0) is 4.43 Å². The molecule has 17 heavy (non-hydrogen) atoms. The Labute approximate surface area is 109 Å². The Kier molecular flexibility index (Phi) is 6.40. The highest BCUT2D eigenvalue weighted by atomic mass is 28.4. The first-order valence-electron chi connectivity index (χ1n) is 6.88. The first kappa shape index (κ1) is 17.1. The van der Waals surface area contributed by atoms with Gasteiger partial charge in [0.15, 0.2) is 8.32 Å². The minimum atomic E-state index is -1.72. The van der Waals surface area contributed by atoms with Gasteiger partial charge in [-0.15, -0.1) is 0 Å². The Morgan fingerprint density at radius 3 is 2.00 bits per heavy atom. The molecule has 1 atom stereocenters. The summed E-state index contributed by atoms with van der Waals surface area (Å²) in [6.07, 6.45) is 4.31. The summed E-state index contributed by atoms with van der Waals surface area (Å²) in [6.45, 7) is 15.7. The minimum absolute atomic E-state index is 0.215. The highest BCUT2D eigenvalue weighted by Crippen LogP contribution is 2.37. The first-order valence-corrected chi connectivity index (χ1v) is 9.79. The van der Waals surface area contributed by atoms with Gasteiger partial charge >= 0.3 is 0 Å². The number of hydrogen-bond acceptors (Lipinski definition) is 2. The standard InChI is InChI=1S/C14H32O2Si/c1-8-9-10-11-14(5,15)12-16-17(6,7)13(2,3)4/h15H,8-12H2,1-7H3/t14-/m0/s1. The van der Waals surface area contributed by atoms with Crippen molar-refractivity contribution in [3.8, 4) is 0 Å². The van der Waals surface area contributed by atoms with Crippen LogP contribution in [0.5, 0.6) is 0 Å². The molecule has 0 spiro atoms. The van der Waals surface area contributed by atoms with E-state index in [0.29, 0.717) is 6.61 Å². The van der Waals surface area contributed by atoms with Gasteiger partial charge in [-0.05, 0) is 31.5 Å². The Balaban J connectivity index is 4.17. The van der Waals surface area contributed by atoms with E-state index >= 15 is 0 Å². The zero-order chi connectivity index (χ0) is 13.7. The number of rotatable bonds is 7. The maximum absolute atomic E-state index is 10.3. The predicted molar refractivity (Wildman–Crippen MR) is 77.9 cm³/mol. The van der Waals surface area contributed by atoms with E-state index in [0.717, 1.165) is 12.8 Å². The fraction of sp³-hybridized carbons (Fsp3) is 1.00. The molecule has 0 rings (SSSR count). The van der Waals surface area contributed by atoms with E-state index in [9.17, 15) is 5.11 Å². The van der Waals surface area contributed by atoms with Crippen molar-refractivity contribution in [1.82, 2.24) is 0 Å². The number of unbranched alkanes of at least 4 members (excludes halogenated alkanes) is 2. The third kappa shape index (κ3) is 6.58. The van der Waals surface area contributed by atoms with Gasteiger partial charge in [-0.25, -0.2) is 0 Å². The summed E-state index contributed by atoms with van der Waals surface area (Å²) in [5, 5.41) is 10.5. The molecule has 0 fully saturated rings. The van der Waals surface area contributed by atoms with Gasteiger partial charge in [-0.3, -0.25) is 0 Å². The summed E-state index contributed by atoms with van der Waals surface area (Å²) in [4.78, 5) is 0. The van der Waals surface area contributed by atoms with Gasteiger partial charge in [0.2, 0.25) is 0 Å². The van der Waals surface area contributed by atoms with E-state index in [-0.39, 0.29) is 5.04 Å². The van der Waals surface area contributed by atoms with Crippen molar-refractivity contribution in [3.05, 3.63) is 0 Å². The molecule has 0 saturated heterocycles. The molecule has 1 N–H and O–H groups in total. The second kappa shape index (κ2) is 6.35. The van der Waals surface area contributed by atoms with Crippen LogP contribution in [0.15, 0.2) is 0 Å². The molecule has 0 heterocycles. The second-order valence-corrected chi connectivity index (χ2v) is 11.8. The molecule has 0 aliphatic carbocycles. The monoisotopic (exact) mass is 260 g/mol. The molecular weight excluding hydrogens is 228 g/mol. The maximum Gasteiger partial charge on any atom is 0.192 e. The quantitative estimate of drug-likeness (QED) is 0.545. The smallest absolute Gasteiger partial charge is 0.192 e. The van der Waals surface area contributed by atoms with Crippen LogP contribution in [-0.4, -0.2) is 25.6 Å². The van der Waals surface area contributed by atoms with Crippen molar-refractivity contribution < 1.29 is 9.53 Å². The lowest BCUT2D eigenvalue weighted by atomic mass is 10.00. The van der Waals surface area contributed by atoms with Crippen molar-refractivity contribution in [3.63, 3.8) is 0 Å². The summed E-state index contributed by atoms with van der Waals surface area (Å²) < 4.78 is 6.08. The van der Waals surface area contributed by atoms with Crippen molar-refractivity contribution in [2.45, 2.75) is 84.0 Å². The van der Waals surface area contributed by atoms with Gasteiger partial charge in [0, 0.05) is 0 Å². The molecule has 3 heteroatoms. The molecular formula is C14H32O2Si. The van der Waals surface area contributed by atoms with Crippen molar-refractivity contribution in [2.24, 2.45) is 0 Å². The fourth-order valence-corrected chi connectivity index (χ4v) is 2.49. The Bertz CT molecular complexity index is 217. The highest BCUT2D eigenvalue weighted by molar-refractivity contribution is 6.74. The van der Waals surface area contributed by atoms with Crippen LogP contribution in [0.4, 0.5) is 0 Å². The molecule has 0 amide bonds. The van der Waals surface area contributed by atoms with Crippen molar-refractivity contribution in [2.75, 3.05) is 6.61 Å². The van der Waals surface area contributed by atoms with Crippen LogP contribution in [0.25, 0.3) is 0 Å². The zero-order valence-corrected chi connectivity index (χ0v) is 13.9. The van der Waals surface area contributed by atoms with Gasteiger partial charge in [-0.1, -0.05) is 47.0 Å². The molecule has 0 saturated carbocycles. The van der Waals surface area contributed by atoms with Gasteiger partial charge in [0.1, 0.15) is 0 Å². The number of aliphatic hydroxyl groups is 1. The zero-order valence-electron chi connectivity index (χ0n) is 12.9. The third-order valence-electron chi connectivity index (χ3n) is 3.87. The summed E-state index contributed by atoms with van der Waals surface area (Å²) in [7, 11) is -1.72. The van der Waals surface area contributed by atoms with Crippen LogP contribution in [0, 0.1) is 0 Å². The van der Waals surface area contributed by atoms with E-state index < -0.39 is 13.9 Å². The summed E-state index contributed by atoms with van der Waals surface area (Å²) >= 11 is 0. The van der Waals surface area contributed by atoms with Crippen LogP contribution >= 0.6 is 0 Å². The predicted octanol–water partition coefficient (Wildman–Crippen LogP) is 4.34. The molecule has 2 nitrogen and oxygen atoms in total. The largest absolute Gasteiger partial charge is 0.414 e. The van der Waals surface area contributed by atoms with Crippen molar-refractivity contribution in [1.29, 1.82) is 0 Å². The van der Waals surface area contributed by atoms with E-state index in [1.807, 2.05) is 6.92 Å². The Morgan fingerprint density at radius 2 is 1.59 bits per heavy atom. The highest BCUT2D eigenvalue weighted by Gasteiger charge is 2.38. The lowest BCUT2D eigenvalue weighted by Crippen LogP contribution is -2.45. The van der Waals surface area contributed by atoms with E-state index in [1.54, 1.807) is 0 Å². The first-order chi connectivity index (χ1) is 7.52. The lowest BCUT2D eigenvalue weighted by molar-refractivity contribution is -0.00223. The maximum atomic E-state index is 10.3. The molecule has 0 radical (unpaired) electrons. The Hall–Kier alpha value is 0.137. The second-order valence-electron chi connectivity index (χ2n) is 7.00. The topological polar surface area (TPSA) is 29.5 Å². The minimum Gasteiger partial charge on any atom is -0.414 e. The molecule has 0 bridgehead atoms. The molecule has 0 aromatic heterocycles. The molecule has 104 valence electrons. The molecule has 0 aliphatic heterocycles. The number of hydrogen-bond donors (Lipinski definition) is 1. The molecule has 0 unspecified atom stereocenters. The summed E-state index contributed by atoms with van der Waals surface area (Å²) in [5.74, 6) is 0. The van der Waals surface area contributed by atoms with Gasteiger partial charge in [-0.2, -0.15) is 0 Å². The third-order valence-corrected chi connectivity index (χ3v) is 8.35. The fourth-order valence-electron chi connectivity index (χ4n) is 1.38. The van der Waals surface area contributed by atoms with Gasteiger partial charge in [0.25, 0.3) is 0 Å². The molecule has 0 aromatic carbocycles.